The fraction of sp³-hybridized carbons (Fsp3) is 0.267. The molecule has 1 atom stereocenters. The molecule has 0 bridgehead atoms. The summed E-state index contributed by atoms with van der Waals surface area (Å²) in [6.45, 7) is 1.97. The third-order valence-electron chi connectivity index (χ3n) is 2.85. The smallest absolute Gasteiger partial charge is 0.127 e. The van der Waals surface area contributed by atoms with Gasteiger partial charge in [0.2, 0.25) is 0 Å². The van der Waals surface area contributed by atoms with E-state index in [1.165, 1.54) is 0 Å². The summed E-state index contributed by atoms with van der Waals surface area (Å²) in [5.74, 6) is 1.42. The topological polar surface area (TPSA) is 39.2 Å². The molecule has 2 aromatic rings. The molecule has 2 rings (SSSR count). The molecule has 0 aliphatic rings. The molecule has 0 spiro atoms. The van der Waals surface area contributed by atoms with Gasteiger partial charge < -0.3 is 4.74 Å². The number of nitrogens with zero attached hydrogens (tertiary/aromatic N) is 1. The first kappa shape index (κ1) is 13.7. The van der Waals surface area contributed by atoms with Crippen LogP contribution in [0.25, 0.3) is 0 Å². The second-order valence-electron chi connectivity index (χ2n) is 4.32. The van der Waals surface area contributed by atoms with Crippen LogP contribution < -0.4 is 4.74 Å². The number of methoxy groups -OCH3 is 1. The largest absolute Gasteiger partial charge is 0.497 e. The molecule has 1 aromatic carbocycles. The fourth-order valence-corrected chi connectivity index (χ4v) is 2.72. The van der Waals surface area contributed by atoms with Gasteiger partial charge in [-0.2, -0.15) is 0 Å². The summed E-state index contributed by atoms with van der Waals surface area (Å²) < 4.78 is 17.2. The number of hydrogen-bond acceptors (Lipinski definition) is 3. The molecule has 1 heterocycles. The van der Waals surface area contributed by atoms with Crippen LogP contribution in [0.15, 0.2) is 47.6 Å². The van der Waals surface area contributed by atoms with E-state index in [-0.39, 0.29) is 0 Å². The third kappa shape index (κ3) is 3.89. The average molecular weight is 275 g/mol. The van der Waals surface area contributed by atoms with E-state index in [4.69, 9.17) is 4.74 Å². The third-order valence-corrected chi connectivity index (χ3v) is 4.14. The SMILES string of the molecule is COc1ccc(CC[S@](=O)c2ccc(C)cn2)cc1. The lowest BCUT2D eigenvalue weighted by Gasteiger charge is -2.04. The standard InChI is InChI=1S/C15H17NO2S/c1-12-3-8-15(16-11-12)19(17)10-9-13-4-6-14(18-2)7-5-13/h3-8,11H,9-10H2,1-2H3/t19-/m0/s1. The number of benzene rings is 1. The number of aryl methyl sites for hydroxylation is 2. The Morgan fingerprint density at radius 1 is 1.16 bits per heavy atom. The lowest BCUT2D eigenvalue weighted by molar-refractivity contribution is 0.414. The highest BCUT2D eigenvalue weighted by Gasteiger charge is 2.05. The summed E-state index contributed by atoms with van der Waals surface area (Å²) >= 11 is 0. The average Bonchev–Trinajstić information content (AvgIpc) is 2.46. The Hall–Kier alpha value is -1.68. The van der Waals surface area contributed by atoms with Crippen molar-refractivity contribution in [1.82, 2.24) is 4.98 Å². The van der Waals surface area contributed by atoms with Gasteiger partial charge >= 0.3 is 0 Å². The molecule has 0 saturated carbocycles. The lowest BCUT2D eigenvalue weighted by Crippen LogP contribution is -2.03. The molecule has 0 aliphatic heterocycles. The van der Waals surface area contributed by atoms with Crippen molar-refractivity contribution >= 4 is 10.8 Å². The molecular weight excluding hydrogens is 258 g/mol. The summed E-state index contributed by atoms with van der Waals surface area (Å²) in [5, 5.41) is 0.652. The molecule has 100 valence electrons. The van der Waals surface area contributed by atoms with Crippen LogP contribution in [0, 0.1) is 6.92 Å². The number of rotatable bonds is 5. The molecule has 0 amide bonds. The highest BCUT2D eigenvalue weighted by Crippen LogP contribution is 2.13. The fourth-order valence-electron chi connectivity index (χ4n) is 1.70. The van der Waals surface area contributed by atoms with Gasteiger partial charge in [-0.1, -0.05) is 18.2 Å². The first-order chi connectivity index (χ1) is 9.19. The second-order valence-corrected chi connectivity index (χ2v) is 5.84. The molecule has 1 aromatic heterocycles. The Kier molecular flexibility index (Phi) is 4.68. The maximum Gasteiger partial charge on any atom is 0.127 e. The van der Waals surface area contributed by atoms with E-state index in [2.05, 4.69) is 4.98 Å². The van der Waals surface area contributed by atoms with Crippen LogP contribution in [0.4, 0.5) is 0 Å². The number of ether oxygens (including phenoxy) is 1. The zero-order valence-electron chi connectivity index (χ0n) is 11.1. The van der Waals surface area contributed by atoms with Gasteiger partial charge in [0.15, 0.2) is 0 Å². The Morgan fingerprint density at radius 3 is 2.47 bits per heavy atom. The van der Waals surface area contributed by atoms with Crippen LogP contribution in [0.2, 0.25) is 0 Å². The van der Waals surface area contributed by atoms with Gasteiger partial charge in [-0.3, -0.25) is 4.21 Å². The highest BCUT2D eigenvalue weighted by molar-refractivity contribution is 7.84. The molecule has 0 N–H and O–H groups in total. The quantitative estimate of drug-likeness (QED) is 0.842. The Balaban J connectivity index is 1.94. The van der Waals surface area contributed by atoms with Gasteiger partial charge in [-0.15, -0.1) is 0 Å². The van der Waals surface area contributed by atoms with Gasteiger partial charge in [0.05, 0.1) is 17.9 Å². The summed E-state index contributed by atoms with van der Waals surface area (Å²) in [6.07, 6.45) is 2.52. The molecule has 0 saturated heterocycles. The van der Waals surface area contributed by atoms with Crippen molar-refractivity contribution in [2.75, 3.05) is 12.9 Å². The molecule has 4 heteroatoms. The Bertz CT molecular complexity index is 549. The van der Waals surface area contributed by atoms with Crippen molar-refractivity contribution in [2.24, 2.45) is 0 Å². The zero-order valence-corrected chi connectivity index (χ0v) is 11.9. The summed E-state index contributed by atoms with van der Waals surface area (Å²) in [7, 11) is 0.604. The van der Waals surface area contributed by atoms with Crippen molar-refractivity contribution < 1.29 is 8.95 Å². The summed E-state index contributed by atoms with van der Waals surface area (Å²) in [5.41, 5.74) is 2.23. The van der Waals surface area contributed by atoms with Gasteiger partial charge in [0.1, 0.15) is 10.8 Å². The van der Waals surface area contributed by atoms with E-state index in [0.29, 0.717) is 10.8 Å². The van der Waals surface area contributed by atoms with Gasteiger partial charge in [-0.25, -0.2) is 4.98 Å². The van der Waals surface area contributed by atoms with E-state index < -0.39 is 10.8 Å². The van der Waals surface area contributed by atoms with Crippen molar-refractivity contribution in [3.8, 4) is 5.75 Å². The minimum atomic E-state index is -1.04. The van der Waals surface area contributed by atoms with Crippen LogP contribution in [0.3, 0.4) is 0 Å². The molecule has 3 nitrogen and oxygen atoms in total. The summed E-state index contributed by atoms with van der Waals surface area (Å²) in [4.78, 5) is 4.20. The summed E-state index contributed by atoms with van der Waals surface area (Å²) in [6, 6.07) is 11.6. The van der Waals surface area contributed by atoms with Crippen molar-refractivity contribution in [3.63, 3.8) is 0 Å². The minimum absolute atomic E-state index is 0.586. The van der Waals surface area contributed by atoms with Crippen LogP contribution in [-0.4, -0.2) is 22.1 Å². The van der Waals surface area contributed by atoms with Crippen molar-refractivity contribution in [3.05, 3.63) is 53.7 Å². The Morgan fingerprint density at radius 2 is 1.89 bits per heavy atom. The monoisotopic (exact) mass is 275 g/mol. The number of hydrogen-bond donors (Lipinski definition) is 0. The minimum Gasteiger partial charge on any atom is -0.497 e. The van der Waals surface area contributed by atoms with Crippen LogP contribution in [0.1, 0.15) is 11.1 Å². The molecular formula is C15H17NO2S. The van der Waals surface area contributed by atoms with E-state index in [9.17, 15) is 4.21 Å². The predicted octanol–water partition coefficient (Wildman–Crippen LogP) is 2.75. The maximum atomic E-state index is 12.1. The Labute approximate surface area is 116 Å². The first-order valence-electron chi connectivity index (χ1n) is 6.13. The van der Waals surface area contributed by atoms with Crippen LogP contribution in [-0.2, 0) is 17.2 Å². The van der Waals surface area contributed by atoms with Crippen LogP contribution in [0.5, 0.6) is 5.75 Å². The molecule has 0 fully saturated rings. The normalized spacial score (nSPS) is 12.1. The van der Waals surface area contributed by atoms with Gasteiger partial charge in [0, 0.05) is 11.9 Å². The second kappa shape index (κ2) is 6.48. The van der Waals surface area contributed by atoms with E-state index in [1.807, 2.05) is 43.3 Å². The highest BCUT2D eigenvalue weighted by atomic mass is 32.2. The molecule has 0 aliphatic carbocycles. The maximum absolute atomic E-state index is 12.1. The van der Waals surface area contributed by atoms with Crippen LogP contribution >= 0.6 is 0 Å². The van der Waals surface area contributed by atoms with Gasteiger partial charge in [0.25, 0.3) is 0 Å². The molecule has 0 unspecified atom stereocenters. The van der Waals surface area contributed by atoms with E-state index >= 15 is 0 Å². The van der Waals surface area contributed by atoms with Crippen molar-refractivity contribution in [2.45, 2.75) is 18.4 Å². The number of aromatic nitrogens is 1. The van der Waals surface area contributed by atoms with E-state index in [1.54, 1.807) is 13.3 Å². The number of pyridine rings is 1. The van der Waals surface area contributed by atoms with Gasteiger partial charge in [-0.05, 0) is 42.7 Å². The van der Waals surface area contributed by atoms with E-state index in [0.717, 1.165) is 23.3 Å². The zero-order chi connectivity index (χ0) is 13.7. The van der Waals surface area contributed by atoms with Crippen molar-refractivity contribution in [1.29, 1.82) is 0 Å². The predicted molar refractivity (Wildman–Crippen MR) is 76.9 cm³/mol. The lowest BCUT2D eigenvalue weighted by atomic mass is 10.2. The molecule has 19 heavy (non-hydrogen) atoms. The first-order valence-corrected chi connectivity index (χ1v) is 7.45. The molecule has 0 radical (unpaired) electrons.